The van der Waals surface area contributed by atoms with Gasteiger partial charge in [0.05, 0.1) is 31.2 Å². The zero-order valence-electron chi connectivity index (χ0n) is 28.3. The third kappa shape index (κ3) is 7.27. The molecule has 268 valence electrons. The number of rotatable bonds is 9. The van der Waals surface area contributed by atoms with Gasteiger partial charge < -0.3 is 24.4 Å². The minimum Gasteiger partial charge on any atom is -0.497 e. The van der Waals surface area contributed by atoms with Crippen LogP contribution in [0.15, 0.2) is 42.5 Å². The molecule has 6 rings (SSSR count). The van der Waals surface area contributed by atoms with Gasteiger partial charge in [-0.25, -0.2) is 4.39 Å². The number of hydrogen-bond acceptors (Lipinski definition) is 6. The number of alkyl halides is 4. The molecule has 3 aliphatic heterocycles. The fourth-order valence-corrected chi connectivity index (χ4v) is 8.68. The molecule has 0 bridgehead atoms. The first kappa shape index (κ1) is 35.4. The maximum absolute atomic E-state index is 17.8. The van der Waals surface area contributed by atoms with E-state index in [1.165, 1.54) is 13.2 Å². The number of carboxylic acids is 1. The van der Waals surface area contributed by atoms with E-state index in [1.54, 1.807) is 24.1 Å². The van der Waals surface area contributed by atoms with Gasteiger partial charge in [0.2, 0.25) is 5.67 Å². The Bertz CT molecular complexity index is 1480. The molecule has 12 heteroatoms. The summed E-state index contributed by atoms with van der Waals surface area (Å²) in [7, 11) is 3.09. The van der Waals surface area contributed by atoms with E-state index in [0.29, 0.717) is 55.9 Å². The van der Waals surface area contributed by atoms with Gasteiger partial charge >= 0.3 is 12.1 Å². The number of hydrogen-bond donors (Lipinski definition) is 1. The van der Waals surface area contributed by atoms with Crippen molar-refractivity contribution in [2.45, 2.75) is 87.1 Å². The van der Waals surface area contributed by atoms with Gasteiger partial charge in [-0.05, 0) is 67.5 Å². The number of nitrogens with zero attached hydrogens (tertiary/aromatic N) is 3. The number of ether oxygens (including phenoxy) is 2. The largest absolute Gasteiger partial charge is 0.497 e. The van der Waals surface area contributed by atoms with Crippen LogP contribution < -0.4 is 9.64 Å². The zero-order chi connectivity index (χ0) is 34.9. The van der Waals surface area contributed by atoms with Gasteiger partial charge in [-0.15, -0.1) is 0 Å². The SMILES string of the molecule is COC[C@@H]1C[C@@H](c2ccc(C(F)(F)F)cc2N2CCC(C(=O)O)CC2)CN1C(=O)[C@@]1(F)CN(C2CCCCC2)C[C@@H]1c1ccc(OC)cc1. The van der Waals surface area contributed by atoms with Crippen molar-refractivity contribution in [1.29, 1.82) is 0 Å². The molecular formula is C37H47F4N3O5. The van der Waals surface area contributed by atoms with Crippen molar-refractivity contribution in [2.75, 3.05) is 58.5 Å². The molecule has 1 N–H and O–H groups in total. The van der Waals surface area contributed by atoms with E-state index >= 15 is 4.39 Å². The summed E-state index contributed by atoms with van der Waals surface area (Å²) in [5, 5.41) is 9.49. The highest BCUT2D eigenvalue weighted by molar-refractivity contribution is 5.88. The monoisotopic (exact) mass is 689 g/mol. The Morgan fingerprint density at radius 3 is 2.27 bits per heavy atom. The normalized spacial score (nSPS) is 27.5. The Hall–Kier alpha value is -3.38. The molecule has 8 nitrogen and oxygen atoms in total. The second-order valence-electron chi connectivity index (χ2n) is 14.3. The molecule has 4 atom stereocenters. The number of anilines is 1. The second kappa shape index (κ2) is 14.5. The molecular weight excluding hydrogens is 642 g/mol. The predicted octanol–water partition coefficient (Wildman–Crippen LogP) is 6.49. The van der Waals surface area contributed by atoms with Crippen LogP contribution in [0.25, 0.3) is 0 Å². The fraction of sp³-hybridized carbons (Fsp3) is 0.622. The van der Waals surface area contributed by atoms with Crippen LogP contribution >= 0.6 is 0 Å². The lowest BCUT2D eigenvalue weighted by Gasteiger charge is -2.35. The number of methoxy groups -OCH3 is 2. The maximum Gasteiger partial charge on any atom is 0.416 e. The Morgan fingerprint density at radius 1 is 0.959 bits per heavy atom. The van der Waals surface area contributed by atoms with E-state index in [0.717, 1.165) is 49.8 Å². The third-order valence-corrected chi connectivity index (χ3v) is 11.4. The van der Waals surface area contributed by atoms with Gasteiger partial charge in [0.1, 0.15) is 5.75 Å². The first-order valence-corrected chi connectivity index (χ1v) is 17.5. The number of aliphatic carboxylic acids is 1. The number of carbonyl (C=O) groups excluding carboxylic acids is 1. The molecule has 49 heavy (non-hydrogen) atoms. The summed E-state index contributed by atoms with van der Waals surface area (Å²) in [6.45, 7) is 1.31. The summed E-state index contributed by atoms with van der Waals surface area (Å²) in [6.07, 6.45) is 1.73. The van der Waals surface area contributed by atoms with E-state index in [-0.39, 0.29) is 31.7 Å². The molecule has 4 fully saturated rings. The summed E-state index contributed by atoms with van der Waals surface area (Å²) in [6, 6.07) is 10.7. The van der Waals surface area contributed by atoms with E-state index < -0.39 is 47.2 Å². The minimum atomic E-state index is -4.56. The molecule has 0 radical (unpaired) electrons. The van der Waals surface area contributed by atoms with Crippen LogP contribution in [0.1, 0.15) is 79.9 Å². The highest BCUT2D eigenvalue weighted by atomic mass is 19.4. The molecule has 1 amide bonds. The molecule has 0 aromatic heterocycles. The van der Waals surface area contributed by atoms with Crippen LogP contribution in [-0.4, -0.2) is 98.1 Å². The molecule has 1 aliphatic carbocycles. The summed E-state index contributed by atoms with van der Waals surface area (Å²) < 4.78 is 70.4. The van der Waals surface area contributed by atoms with Crippen molar-refractivity contribution in [3.05, 3.63) is 59.2 Å². The molecule has 0 spiro atoms. The first-order valence-electron chi connectivity index (χ1n) is 17.5. The Balaban J connectivity index is 1.31. The van der Waals surface area contributed by atoms with Crippen molar-refractivity contribution in [1.82, 2.24) is 9.80 Å². The maximum atomic E-state index is 17.8. The molecule has 0 unspecified atom stereocenters. The topological polar surface area (TPSA) is 82.5 Å². The summed E-state index contributed by atoms with van der Waals surface area (Å²) in [5.74, 6) is -2.48. The average molecular weight is 690 g/mol. The number of benzene rings is 2. The highest BCUT2D eigenvalue weighted by Gasteiger charge is 2.58. The van der Waals surface area contributed by atoms with Crippen molar-refractivity contribution in [3.63, 3.8) is 0 Å². The number of piperidine rings is 1. The Kier molecular flexibility index (Phi) is 10.5. The predicted molar refractivity (Wildman–Crippen MR) is 177 cm³/mol. The van der Waals surface area contributed by atoms with Crippen LogP contribution in [0.2, 0.25) is 0 Å². The van der Waals surface area contributed by atoms with Gasteiger partial charge in [-0.3, -0.25) is 14.5 Å². The molecule has 3 heterocycles. The van der Waals surface area contributed by atoms with Gasteiger partial charge in [0.15, 0.2) is 0 Å². The van der Waals surface area contributed by atoms with Crippen molar-refractivity contribution in [3.8, 4) is 5.75 Å². The van der Waals surface area contributed by atoms with Gasteiger partial charge in [-0.1, -0.05) is 37.5 Å². The van der Waals surface area contributed by atoms with E-state index in [1.807, 2.05) is 17.0 Å². The number of likely N-dealkylation sites (tertiary alicyclic amines) is 2. The standard InChI is InChI=1S/C37H47F4N3O5/c1-48-22-29-18-26(31-13-10-27(37(39,40)41)19-33(31)42-16-14-25(15-17-42)34(45)46)20-44(29)35(47)36(38)23-43(28-6-4-3-5-7-28)21-32(36)24-8-11-30(49-2)12-9-24/h8-13,19,25-26,28-29,32H,3-7,14-18,20-23H2,1-2H3,(H,45,46)/t26-,29+,32-,36-/m1/s1. The lowest BCUT2D eigenvalue weighted by atomic mass is 9.85. The Labute approximate surface area is 285 Å². The minimum absolute atomic E-state index is 0.0158. The Morgan fingerprint density at radius 2 is 1.65 bits per heavy atom. The van der Waals surface area contributed by atoms with Gasteiger partial charge in [0.25, 0.3) is 5.91 Å². The molecule has 1 saturated carbocycles. The van der Waals surface area contributed by atoms with Crippen LogP contribution in [0, 0.1) is 5.92 Å². The molecule has 3 saturated heterocycles. The quantitative estimate of drug-likeness (QED) is 0.302. The van der Waals surface area contributed by atoms with Gasteiger partial charge in [0, 0.05) is 63.4 Å². The van der Waals surface area contributed by atoms with Crippen molar-refractivity contribution >= 4 is 17.6 Å². The number of carboxylic acid groups (broad SMARTS) is 1. The lowest BCUT2D eigenvalue weighted by molar-refractivity contribution is -0.146. The number of halogens is 4. The van der Waals surface area contributed by atoms with Crippen LogP contribution in [0.5, 0.6) is 5.75 Å². The lowest BCUT2D eigenvalue weighted by Crippen LogP contribution is -2.53. The smallest absolute Gasteiger partial charge is 0.416 e. The molecule has 4 aliphatic rings. The van der Waals surface area contributed by atoms with Crippen LogP contribution in [0.3, 0.4) is 0 Å². The fourth-order valence-electron chi connectivity index (χ4n) is 8.68. The summed E-state index contributed by atoms with van der Waals surface area (Å²) in [4.78, 5) is 31.8. The number of carbonyl (C=O) groups is 2. The van der Waals surface area contributed by atoms with E-state index in [4.69, 9.17) is 9.47 Å². The second-order valence-corrected chi connectivity index (χ2v) is 14.3. The summed E-state index contributed by atoms with van der Waals surface area (Å²) in [5.41, 5.74) is -1.24. The zero-order valence-corrected chi connectivity index (χ0v) is 28.3. The van der Waals surface area contributed by atoms with E-state index in [2.05, 4.69) is 4.90 Å². The number of amides is 1. The first-order chi connectivity index (χ1) is 23.4. The van der Waals surface area contributed by atoms with Gasteiger partial charge in [-0.2, -0.15) is 13.2 Å². The average Bonchev–Trinajstić information content (AvgIpc) is 3.69. The van der Waals surface area contributed by atoms with Crippen molar-refractivity contribution in [2.24, 2.45) is 5.92 Å². The molecule has 2 aromatic rings. The van der Waals surface area contributed by atoms with E-state index in [9.17, 15) is 27.9 Å². The summed E-state index contributed by atoms with van der Waals surface area (Å²) >= 11 is 0. The van der Waals surface area contributed by atoms with Crippen LogP contribution in [0.4, 0.5) is 23.2 Å². The molecule has 2 aromatic carbocycles. The van der Waals surface area contributed by atoms with Crippen molar-refractivity contribution < 1.29 is 41.7 Å². The third-order valence-electron chi connectivity index (χ3n) is 11.4. The van der Waals surface area contributed by atoms with Crippen LogP contribution in [-0.2, 0) is 20.5 Å². The highest BCUT2D eigenvalue weighted by Crippen LogP contribution is 2.47.